The van der Waals surface area contributed by atoms with Crippen molar-refractivity contribution in [3.8, 4) is 11.3 Å². The highest BCUT2D eigenvalue weighted by atomic mass is 32.1. The zero-order valence-electron chi connectivity index (χ0n) is 8.05. The zero-order chi connectivity index (χ0) is 10.1. The van der Waals surface area contributed by atoms with Gasteiger partial charge in [-0.05, 0) is 22.9 Å². The van der Waals surface area contributed by atoms with Crippen LogP contribution in [0.3, 0.4) is 0 Å². The molecule has 0 spiro atoms. The number of rotatable bonds is 1. The number of benzene rings is 1. The standard InChI is InChI=1S/C13H9NS/c1-2-4-10(5-3-1)12-13-11(6-8-14-12)7-9-15-13/h1-9H. The largest absolute Gasteiger partial charge is 0.255 e. The number of aromatic nitrogens is 1. The lowest BCUT2D eigenvalue weighted by Gasteiger charge is -2.01. The smallest absolute Gasteiger partial charge is 0.0880 e. The van der Waals surface area contributed by atoms with Gasteiger partial charge < -0.3 is 0 Å². The molecule has 2 aromatic heterocycles. The highest BCUT2D eigenvalue weighted by Gasteiger charge is 2.04. The van der Waals surface area contributed by atoms with Gasteiger partial charge in [0.1, 0.15) is 0 Å². The summed E-state index contributed by atoms with van der Waals surface area (Å²) in [6, 6.07) is 14.5. The number of thiophene rings is 1. The van der Waals surface area contributed by atoms with Gasteiger partial charge in [0.15, 0.2) is 0 Å². The second-order valence-electron chi connectivity index (χ2n) is 3.36. The topological polar surface area (TPSA) is 12.9 Å². The van der Waals surface area contributed by atoms with Gasteiger partial charge in [-0.15, -0.1) is 11.3 Å². The first-order chi connectivity index (χ1) is 7.45. The number of hydrogen-bond acceptors (Lipinski definition) is 2. The van der Waals surface area contributed by atoms with Crippen molar-refractivity contribution in [2.24, 2.45) is 0 Å². The molecule has 0 saturated heterocycles. The third-order valence-corrected chi connectivity index (χ3v) is 3.35. The van der Waals surface area contributed by atoms with Crippen LogP contribution in [0.15, 0.2) is 54.0 Å². The van der Waals surface area contributed by atoms with E-state index >= 15 is 0 Å². The Morgan fingerprint density at radius 2 is 1.80 bits per heavy atom. The molecule has 0 unspecified atom stereocenters. The normalized spacial score (nSPS) is 10.7. The second-order valence-corrected chi connectivity index (χ2v) is 4.28. The Labute approximate surface area is 92.0 Å². The summed E-state index contributed by atoms with van der Waals surface area (Å²) in [6.07, 6.45) is 1.87. The van der Waals surface area contributed by atoms with Gasteiger partial charge in [-0.3, -0.25) is 4.98 Å². The van der Waals surface area contributed by atoms with Gasteiger partial charge >= 0.3 is 0 Å². The summed E-state index contributed by atoms with van der Waals surface area (Å²) in [5, 5.41) is 3.38. The molecule has 0 radical (unpaired) electrons. The van der Waals surface area contributed by atoms with E-state index < -0.39 is 0 Å². The van der Waals surface area contributed by atoms with Crippen LogP contribution >= 0.6 is 11.3 Å². The van der Waals surface area contributed by atoms with E-state index in [9.17, 15) is 0 Å². The fourth-order valence-electron chi connectivity index (χ4n) is 1.70. The summed E-state index contributed by atoms with van der Waals surface area (Å²) in [4.78, 5) is 4.46. The molecule has 0 aliphatic rings. The van der Waals surface area contributed by atoms with Gasteiger partial charge in [0.2, 0.25) is 0 Å². The summed E-state index contributed by atoms with van der Waals surface area (Å²) in [6.45, 7) is 0. The van der Waals surface area contributed by atoms with Crippen LogP contribution in [0.1, 0.15) is 0 Å². The summed E-state index contributed by atoms with van der Waals surface area (Å²) in [5.74, 6) is 0. The molecule has 0 saturated carbocycles. The van der Waals surface area contributed by atoms with Gasteiger partial charge in [-0.1, -0.05) is 30.3 Å². The first kappa shape index (κ1) is 8.62. The molecule has 3 aromatic rings. The van der Waals surface area contributed by atoms with Crippen LogP contribution in [-0.4, -0.2) is 4.98 Å². The van der Waals surface area contributed by atoms with Crippen molar-refractivity contribution in [2.45, 2.75) is 0 Å². The second kappa shape index (κ2) is 3.48. The predicted octanol–water partition coefficient (Wildman–Crippen LogP) is 3.96. The minimum atomic E-state index is 1.09. The maximum absolute atomic E-state index is 4.46. The van der Waals surface area contributed by atoms with Crippen LogP contribution in [0.5, 0.6) is 0 Å². The fourth-order valence-corrected chi connectivity index (χ4v) is 2.60. The Morgan fingerprint density at radius 3 is 2.67 bits per heavy atom. The van der Waals surface area contributed by atoms with E-state index in [0.717, 1.165) is 5.69 Å². The molecule has 0 atom stereocenters. The molecule has 72 valence electrons. The molecule has 0 amide bonds. The van der Waals surface area contributed by atoms with Crippen LogP contribution < -0.4 is 0 Å². The summed E-state index contributed by atoms with van der Waals surface area (Å²) >= 11 is 1.75. The van der Waals surface area contributed by atoms with E-state index in [1.165, 1.54) is 15.6 Å². The van der Waals surface area contributed by atoms with Crippen LogP contribution in [-0.2, 0) is 0 Å². The van der Waals surface area contributed by atoms with E-state index in [4.69, 9.17) is 0 Å². The van der Waals surface area contributed by atoms with Crippen LogP contribution in [0.2, 0.25) is 0 Å². The molecule has 3 rings (SSSR count). The average molecular weight is 211 g/mol. The first-order valence-corrected chi connectivity index (χ1v) is 5.71. The first-order valence-electron chi connectivity index (χ1n) is 4.83. The maximum atomic E-state index is 4.46. The molecule has 0 bridgehead atoms. The van der Waals surface area contributed by atoms with E-state index in [2.05, 4.69) is 34.6 Å². The van der Waals surface area contributed by atoms with Crippen molar-refractivity contribution in [3.63, 3.8) is 0 Å². The summed E-state index contributed by atoms with van der Waals surface area (Å²) in [5.41, 5.74) is 2.27. The summed E-state index contributed by atoms with van der Waals surface area (Å²) in [7, 11) is 0. The van der Waals surface area contributed by atoms with Crippen molar-refractivity contribution in [2.75, 3.05) is 0 Å². The quantitative estimate of drug-likeness (QED) is 0.593. The SMILES string of the molecule is c1ccc(-c2nccc3ccsc23)cc1. The molecule has 0 aliphatic carbocycles. The molecular formula is C13H9NS. The van der Waals surface area contributed by atoms with E-state index in [0.29, 0.717) is 0 Å². The van der Waals surface area contributed by atoms with E-state index in [-0.39, 0.29) is 0 Å². The van der Waals surface area contributed by atoms with E-state index in [1.54, 1.807) is 11.3 Å². The monoisotopic (exact) mass is 211 g/mol. The van der Waals surface area contributed by atoms with Crippen LogP contribution in [0, 0.1) is 0 Å². The zero-order valence-corrected chi connectivity index (χ0v) is 8.87. The van der Waals surface area contributed by atoms with Gasteiger partial charge in [0.05, 0.1) is 10.4 Å². The minimum absolute atomic E-state index is 1.09. The number of fused-ring (bicyclic) bond motifs is 1. The molecule has 0 N–H and O–H groups in total. The Bertz CT molecular complexity index is 584. The Morgan fingerprint density at radius 1 is 0.933 bits per heavy atom. The van der Waals surface area contributed by atoms with Crippen molar-refractivity contribution in [1.82, 2.24) is 4.98 Å². The molecule has 2 heterocycles. The average Bonchev–Trinajstić information content (AvgIpc) is 2.78. The molecule has 2 heteroatoms. The maximum Gasteiger partial charge on any atom is 0.0880 e. The lowest BCUT2D eigenvalue weighted by molar-refractivity contribution is 1.37. The van der Waals surface area contributed by atoms with Crippen molar-refractivity contribution >= 4 is 21.4 Å². The molecule has 1 aromatic carbocycles. The highest BCUT2D eigenvalue weighted by Crippen LogP contribution is 2.30. The van der Waals surface area contributed by atoms with Gasteiger partial charge in [-0.2, -0.15) is 0 Å². The van der Waals surface area contributed by atoms with Crippen LogP contribution in [0.4, 0.5) is 0 Å². The Balaban J connectivity index is 2.31. The number of pyridine rings is 1. The van der Waals surface area contributed by atoms with Crippen molar-refractivity contribution < 1.29 is 0 Å². The van der Waals surface area contributed by atoms with Gasteiger partial charge in [0.25, 0.3) is 0 Å². The molecule has 1 nitrogen and oxygen atoms in total. The Hall–Kier alpha value is -1.67. The molecule has 15 heavy (non-hydrogen) atoms. The Kier molecular flexibility index (Phi) is 2.00. The summed E-state index contributed by atoms with van der Waals surface area (Å²) < 4.78 is 1.27. The fraction of sp³-hybridized carbons (Fsp3) is 0. The molecule has 0 fully saturated rings. The predicted molar refractivity (Wildman–Crippen MR) is 65.1 cm³/mol. The lowest BCUT2D eigenvalue weighted by Crippen LogP contribution is -1.81. The third-order valence-electron chi connectivity index (χ3n) is 2.42. The van der Waals surface area contributed by atoms with Gasteiger partial charge in [-0.25, -0.2) is 0 Å². The van der Waals surface area contributed by atoms with Crippen LogP contribution in [0.25, 0.3) is 21.3 Å². The van der Waals surface area contributed by atoms with E-state index in [1.807, 2.05) is 24.4 Å². The minimum Gasteiger partial charge on any atom is -0.255 e. The molecule has 0 aliphatic heterocycles. The highest BCUT2D eigenvalue weighted by molar-refractivity contribution is 7.17. The lowest BCUT2D eigenvalue weighted by atomic mass is 10.1. The number of hydrogen-bond donors (Lipinski definition) is 0. The van der Waals surface area contributed by atoms with Crippen molar-refractivity contribution in [3.05, 3.63) is 54.0 Å². The van der Waals surface area contributed by atoms with Crippen molar-refractivity contribution in [1.29, 1.82) is 0 Å². The number of nitrogens with zero attached hydrogens (tertiary/aromatic N) is 1. The van der Waals surface area contributed by atoms with Gasteiger partial charge in [0, 0.05) is 11.8 Å². The third kappa shape index (κ3) is 1.43. The molecular weight excluding hydrogens is 202 g/mol.